The molecule has 0 aromatic heterocycles. The van der Waals surface area contributed by atoms with Crippen LogP contribution in [0, 0.1) is 6.92 Å². The van der Waals surface area contributed by atoms with Crippen molar-refractivity contribution in [2.24, 2.45) is 0 Å². The van der Waals surface area contributed by atoms with Crippen LogP contribution in [-0.2, 0) is 0 Å². The summed E-state index contributed by atoms with van der Waals surface area (Å²) >= 11 is 0. The van der Waals surface area contributed by atoms with Gasteiger partial charge in [-0.25, -0.2) is 0 Å². The first-order chi connectivity index (χ1) is 8.79. The van der Waals surface area contributed by atoms with Gasteiger partial charge in [0, 0.05) is 0 Å². The molecule has 0 spiro atoms. The van der Waals surface area contributed by atoms with Crippen LogP contribution in [0.2, 0.25) is 0 Å². The van der Waals surface area contributed by atoms with E-state index in [4.69, 9.17) is 0 Å². The SMILES string of the molecule is C=C.C=C/C(=C\C)c1ccccc1C.CC.CC. The molecule has 0 aliphatic heterocycles. The topological polar surface area (TPSA) is 0 Å². The Bertz CT molecular complexity index is 319. The zero-order chi connectivity index (χ0) is 15.0. The van der Waals surface area contributed by atoms with Gasteiger partial charge in [-0.2, -0.15) is 0 Å². The molecule has 1 rings (SSSR count). The Morgan fingerprint density at radius 1 is 1.00 bits per heavy atom. The maximum atomic E-state index is 3.78. The smallest absolute Gasteiger partial charge is 0.0158 e. The van der Waals surface area contributed by atoms with Crippen LogP contribution in [0.25, 0.3) is 5.57 Å². The van der Waals surface area contributed by atoms with Crippen molar-refractivity contribution >= 4 is 5.57 Å². The van der Waals surface area contributed by atoms with Gasteiger partial charge >= 0.3 is 0 Å². The van der Waals surface area contributed by atoms with Gasteiger partial charge in [-0.15, -0.1) is 13.2 Å². The molecular formula is C18H30. The second-order valence-electron chi connectivity index (χ2n) is 2.76. The fourth-order valence-corrected chi connectivity index (χ4v) is 1.28. The summed E-state index contributed by atoms with van der Waals surface area (Å²) in [6, 6.07) is 8.33. The molecule has 0 N–H and O–H groups in total. The molecule has 0 heteroatoms. The first-order valence-corrected chi connectivity index (χ1v) is 6.64. The van der Waals surface area contributed by atoms with Crippen molar-refractivity contribution in [3.05, 3.63) is 67.3 Å². The molecule has 1 aromatic carbocycles. The van der Waals surface area contributed by atoms with Crippen LogP contribution in [0.1, 0.15) is 45.7 Å². The molecule has 1 aromatic rings. The monoisotopic (exact) mass is 246 g/mol. The highest BCUT2D eigenvalue weighted by Gasteiger charge is 1.97. The summed E-state index contributed by atoms with van der Waals surface area (Å²) < 4.78 is 0. The van der Waals surface area contributed by atoms with Crippen molar-refractivity contribution < 1.29 is 0 Å². The summed E-state index contributed by atoms with van der Waals surface area (Å²) in [6.07, 6.45) is 3.97. The summed E-state index contributed by atoms with van der Waals surface area (Å²) in [6.45, 7) is 21.9. The molecule has 0 radical (unpaired) electrons. The molecule has 102 valence electrons. The number of allylic oxidation sites excluding steroid dienone is 3. The zero-order valence-corrected chi connectivity index (χ0v) is 13.1. The molecule has 0 heterocycles. The summed E-state index contributed by atoms with van der Waals surface area (Å²) in [5.74, 6) is 0. The Balaban J connectivity index is -0.000000328. The van der Waals surface area contributed by atoms with Gasteiger partial charge in [0.15, 0.2) is 0 Å². The van der Waals surface area contributed by atoms with E-state index in [0.29, 0.717) is 0 Å². The minimum absolute atomic E-state index is 1.20. The number of hydrogen-bond donors (Lipinski definition) is 0. The van der Waals surface area contributed by atoms with Crippen LogP contribution in [0.15, 0.2) is 56.2 Å². The van der Waals surface area contributed by atoms with Gasteiger partial charge in [-0.3, -0.25) is 0 Å². The lowest BCUT2D eigenvalue weighted by molar-refractivity contribution is 1.42. The van der Waals surface area contributed by atoms with Crippen molar-refractivity contribution in [1.29, 1.82) is 0 Å². The quantitative estimate of drug-likeness (QED) is 0.416. The highest BCUT2D eigenvalue weighted by molar-refractivity contribution is 5.75. The van der Waals surface area contributed by atoms with Crippen molar-refractivity contribution in [3.63, 3.8) is 0 Å². The molecule has 0 nitrogen and oxygen atoms in total. The van der Waals surface area contributed by atoms with E-state index in [1.807, 2.05) is 40.7 Å². The number of aryl methyl sites for hydroxylation is 1. The standard InChI is InChI=1S/C12H14.2C2H6.C2H4/c1-4-11(5-2)12-9-7-6-8-10(12)3;3*1-2/h4-9H,1H2,2-3H3;2*1-2H3;1-2H2/b11-5+;;;. The van der Waals surface area contributed by atoms with Gasteiger partial charge < -0.3 is 0 Å². The van der Waals surface area contributed by atoms with Crippen LogP contribution >= 0.6 is 0 Å². The average Bonchev–Trinajstić information content (AvgIpc) is 2.48. The van der Waals surface area contributed by atoms with Gasteiger partial charge in [0.25, 0.3) is 0 Å². The molecule has 0 unspecified atom stereocenters. The lowest BCUT2D eigenvalue weighted by Gasteiger charge is -2.04. The third-order valence-corrected chi connectivity index (χ3v) is 1.99. The van der Waals surface area contributed by atoms with Crippen LogP contribution in [0.3, 0.4) is 0 Å². The van der Waals surface area contributed by atoms with E-state index in [1.54, 1.807) is 0 Å². The highest BCUT2D eigenvalue weighted by Crippen LogP contribution is 2.18. The zero-order valence-electron chi connectivity index (χ0n) is 13.1. The van der Waals surface area contributed by atoms with E-state index in [0.717, 1.165) is 0 Å². The first kappa shape index (κ1) is 21.7. The minimum Gasteiger partial charge on any atom is -0.106 e. The van der Waals surface area contributed by atoms with E-state index in [-0.39, 0.29) is 0 Å². The molecule has 18 heavy (non-hydrogen) atoms. The molecule has 0 saturated heterocycles. The maximum Gasteiger partial charge on any atom is -0.0158 e. The third-order valence-electron chi connectivity index (χ3n) is 1.99. The van der Waals surface area contributed by atoms with Gasteiger partial charge in [-0.1, -0.05) is 70.7 Å². The van der Waals surface area contributed by atoms with Crippen LogP contribution < -0.4 is 0 Å². The Kier molecular flexibility index (Phi) is 21.5. The van der Waals surface area contributed by atoms with E-state index >= 15 is 0 Å². The van der Waals surface area contributed by atoms with Crippen LogP contribution in [0.4, 0.5) is 0 Å². The highest BCUT2D eigenvalue weighted by atomic mass is 14.0. The molecule has 0 saturated carbocycles. The number of rotatable bonds is 2. The number of benzene rings is 1. The van der Waals surface area contributed by atoms with E-state index < -0.39 is 0 Å². The molecule has 0 amide bonds. The second-order valence-corrected chi connectivity index (χ2v) is 2.76. The van der Waals surface area contributed by atoms with Gasteiger partial charge in [0.2, 0.25) is 0 Å². The van der Waals surface area contributed by atoms with E-state index in [9.17, 15) is 0 Å². The second kappa shape index (κ2) is 17.8. The molecule has 0 atom stereocenters. The molecule has 0 bridgehead atoms. The minimum atomic E-state index is 1.20. The Morgan fingerprint density at radius 3 is 1.78 bits per heavy atom. The molecule has 0 aliphatic rings. The van der Waals surface area contributed by atoms with Gasteiger partial charge in [-0.05, 0) is 30.5 Å². The van der Waals surface area contributed by atoms with Gasteiger partial charge in [0.1, 0.15) is 0 Å². The lowest BCUT2D eigenvalue weighted by Crippen LogP contribution is -1.84. The van der Waals surface area contributed by atoms with E-state index in [2.05, 4.69) is 57.0 Å². The summed E-state index contributed by atoms with van der Waals surface area (Å²) in [5.41, 5.74) is 3.77. The van der Waals surface area contributed by atoms with Crippen molar-refractivity contribution in [2.75, 3.05) is 0 Å². The van der Waals surface area contributed by atoms with Crippen LogP contribution in [0.5, 0.6) is 0 Å². The summed E-state index contributed by atoms with van der Waals surface area (Å²) in [4.78, 5) is 0. The maximum absolute atomic E-state index is 3.78. The summed E-state index contributed by atoms with van der Waals surface area (Å²) in [7, 11) is 0. The fourth-order valence-electron chi connectivity index (χ4n) is 1.28. The molecule has 0 fully saturated rings. The Hall–Kier alpha value is -1.56. The average molecular weight is 246 g/mol. The summed E-state index contributed by atoms with van der Waals surface area (Å²) in [5, 5.41) is 0. The van der Waals surface area contributed by atoms with Crippen LogP contribution in [-0.4, -0.2) is 0 Å². The fraction of sp³-hybridized carbons (Fsp3) is 0.333. The molecule has 0 aliphatic carbocycles. The Morgan fingerprint density at radius 2 is 1.44 bits per heavy atom. The van der Waals surface area contributed by atoms with Gasteiger partial charge in [0.05, 0.1) is 0 Å². The number of hydrogen-bond acceptors (Lipinski definition) is 0. The predicted molar refractivity (Wildman–Crippen MR) is 89.0 cm³/mol. The van der Waals surface area contributed by atoms with Crippen molar-refractivity contribution in [1.82, 2.24) is 0 Å². The third kappa shape index (κ3) is 8.58. The first-order valence-electron chi connectivity index (χ1n) is 6.64. The Labute approximate surface area is 115 Å². The van der Waals surface area contributed by atoms with Crippen molar-refractivity contribution in [2.45, 2.75) is 41.5 Å². The normalized spacial score (nSPS) is 8.44. The molecular weight excluding hydrogens is 216 g/mol. The lowest BCUT2D eigenvalue weighted by atomic mass is 10.0. The van der Waals surface area contributed by atoms with Crippen molar-refractivity contribution in [3.8, 4) is 0 Å². The largest absolute Gasteiger partial charge is 0.106 e. The van der Waals surface area contributed by atoms with E-state index in [1.165, 1.54) is 16.7 Å². The predicted octanol–water partition coefficient (Wildman–Crippen LogP) is 6.44.